The Hall–Kier alpha value is -1.79. The maximum atomic E-state index is 11.5. The van der Waals surface area contributed by atoms with Crippen molar-refractivity contribution in [2.45, 2.75) is 9.79 Å². The first-order valence-electron chi connectivity index (χ1n) is 5.65. The van der Waals surface area contributed by atoms with Crippen molar-refractivity contribution in [2.75, 3.05) is 5.73 Å². The highest BCUT2D eigenvalue weighted by Crippen LogP contribution is 2.36. The molecular weight excluding hydrogens is 352 g/mol. The molecule has 0 saturated heterocycles. The normalized spacial score (nSPS) is 13.0. The van der Waals surface area contributed by atoms with Gasteiger partial charge < -0.3 is 5.73 Å². The SMILES string of the molecule is Nc1nc2c(S(=O)(=O)O)cc3cc(S(=O)(=O)O)ccc3c2s1. The van der Waals surface area contributed by atoms with E-state index >= 15 is 0 Å². The van der Waals surface area contributed by atoms with Crippen LogP contribution in [0.2, 0.25) is 0 Å². The van der Waals surface area contributed by atoms with E-state index in [1.807, 2.05) is 0 Å². The van der Waals surface area contributed by atoms with Crippen LogP contribution >= 0.6 is 11.3 Å². The monoisotopic (exact) mass is 360 g/mol. The summed E-state index contributed by atoms with van der Waals surface area (Å²) in [6.45, 7) is 0. The summed E-state index contributed by atoms with van der Waals surface area (Å²) >= 11 is 1.00. The number of nitrogens with two attached hydrogens (primary N) is 1. The fraction of sp³-hybridized carbons (Fsp3) is 0. The Morgan fingerprint density at radius 1 is 1.05 bits per heavy atom. The molecule has 2 aromatic carbocycles. The van der Waals surface area contributed by atoms with Gasteiger partial charge in [0.1, 0.15) is 10.4 Å². The third kappa shape index (κ3) is 2.42. The number of rotatable bonds is 2. The summed E-state index contributed by atoms with van der Waals surface area (Å²) in [5.74, 6) is 0. The second kappa shape index (κ2) is 4.60. The average molecular weight is 360 g/mol. The molecule has 0 aliphatic carbocycles. The number of anilines is 1. The van der Waals surface area contributed by atoms with Crippen LogP contribution in [0.4, 0.5) is 5.13 Å². The zero-order chi connectivity index (χ0) is 16.3. The number of nitrogen functional groups attached to an aromatic ring is 1. The van der Waals surface area contributed by atoms with Crippen molar-refractivity contribution in [1.82, 2.24) is 4.98 Å². The van der Waals surface area contributed by atoms with Crippen LogP contribution < -0.4 is 5.73 Å². The predicted molar refractivity (Wildman–Crippen MR) is 81.2 cm³/mol. The Morgan fingerprint density at radius 3 is 2.32 bits per heavy atom. The summed E-state index contributed by atoms with van der Waals surface area (Å²) in [7, 11) is -9.02. The fourth-order valence-electron chi connectivity index (χ4n) is 2.12. The van der Waals surface area contributed by atoms with E-state index < -0.39 is 30.0 Å². The molecule has 3 aromatic rings. The molecule has 116 valence electrons. The van der Waals surface area contributed by atoms with E-state index in [2.05, 4.69) is 4.98 Å². The molecule has 0 aliphatic heterocycles. The number of benzene rings is 2. The number of hydrogen-bond acceptors (Lipinski definition) is 7. The first kappa shape index (κ1) is 15.1. The third-order valence-corrected chi connectivity index (χ3v) is 5.64. The van der Waals surface area contributed by atoms with Crippen LogP contribution in [0.15, 0.2) is 34.1 Å². The maximum absolute atomic E-state index is 11.5. The first-order valence-corrected chi connectivity index (χ1v) is 9.35. The summed E-state index contributed by atoms with van der Waals surface area (Å²) < 4.78 is 64.1. The maximum Gasteiger partial charge on any atom is 0.296 e. The van der Waals surface area contributed by atoms with Gasteiger partial charge in [-0.1, -0.05) is 17.4 Å². The molecule has 1 heterocycles. The molecule has 8 nitrogen and oxygen atoms in total. The molecule has 1 aromatic heterocycles. The Balaban J connectivity index is 2.54. The molecular formula is C11H8N2O6S3. The fourth-order valence-corrected chi connectivity index (χ4v) is 4.26. The van der Waals surface area contributed by atoms with Gasteiger partial charge in [0.05, 0.1) is 9.60 Å². The summed E-state index contributed by atoms with van der Waals surface area (Å²) in [4.78, 5) is 3.02. The summed E-state index contributed by atoms with van der Waals surface area (Å²) in [5.41, 5.74) is 5.60. The van der Waals surface area contributed by atoms with Gasteiger partial charge in [-0.3, -0.25) is 9.11 Å². The zero-order valence-corrected chi connectivity index (χ0v) is 13.0. The van der Waals surface area contributed by atoms with Gasteiger partial charge in [0, 0.05) is 5.39 Å². The Bertz CT molecular complexity index is 1130. The number of thiazole rings is 1. The first-order chi connectivity index (χ1) is 10.1. The van der Waals surface area contributed by atoms with Gasteiger partial charge in [0.25, 0.3) is 20.2 Å². The van der Waals surface area contributed by atoms with E-state index in [4.69, 9.17) is 10.3 Å². The smallest absolute Gasteiger partial charge is 0.296 e. The summed E-state index contributed by atoms with van der Waals surface area (Å²) in [6, 6.07) is 4.78. The van der Waals surface area contributed by atoms with Gasteiger partial charge in [-0.05, 0) is 23.6 Å². The van der Waals surface area contributed by atoms with E-state index in [-0.39, 0.29) is 16.0 Å². The number of hydrogen-bond donors (Lipinski definition) is 3. The minimum Gasteiger partial charge on any atom is -0.375 e. The molecule has 0 saturated carbocycles. The van der Waals surface area contributed by atoms with Crippen molar-refractivity contribution in [2.24, 2.45) is 0 Å². The quantitative estimate of drug-likeness (QED) is 0.583. The van der Waals surface area contributed by atoms with Crippen LogP contribution in [0, 0.1) is 0 Å². The lowest BCUT2D eigenvalue weighted by Gasteiger charge is -2.05. The molecule has 3 rings (SSSR count). The van der Waals surface area contributed by atoms with Crippen molar-refractivity contribution < 1.29 is 25.9 Å². The number of aromatic nitrogens is 1. The highest BCUT2D eigenvalue weighted by molar-refractivity contribution is 7.86. The molecule has 0 amide bonds. The summed E-state index contributed by atoms with van der Waals surface area (Å²) in [6.07, 6.45) is 0. The van der Waals surface area contributed by atoms with Gasteiger partial charge >= 0.3 is 0 Å². The lowest BCUT2D eigenvalue weighted by molar-refractivity contribution is 0.481. The van der Waals surface area contributed by atoms with Crippen LogP contribution in [-0.4, -0.2) is 30.9 Å². The second-order valence-electron chi connectivity index (χ2n) is 4.44. The number of fused-ring (bicyclic) bond motifs is 3. The highest BCUT2D eigenvalue weighted by Gasteiger charge is 2.21. The summed E-state index contributed by atoms with van der Waals surface area (Å²) in [5, 5.41) is 0.814. The van der Waals surface area contributed by atoms with Gasteiger partial charge in [-0.15, -0.1) is 0 Å². The molecule has 0 aliphatic rings. The van der Waals surface area contributed by atoms with Crippen molar-refractivity contribution in [1.29, 1.82) is 0 Å². The largest absolute Gasteiger partial charge is 0.375 e. The van der Waals surface area contributed by atoms with E-state index in [0.717, 1.165) is 23.5 Å². The molecule has 0 radical (unpaired) electrons. The molecule has 0 bridgehead atoms. The minimum atomic E-state index is -4.58. The van der Waals surface area contributed by atoms with E-state index in [0.29, 0.717) is 10.1 Å². The second-order valence-corrected chi connectivity index (χ2v) is 8.28. The zero-order valence-electron chi connectivity index (χ0n) is 10.6. The Labute approximate surface area is 128 Å². The van der Waals surface area contributed by atoms with E-state index in [1.54, 1.807) is 0 Å². The Morgan fingerprint density at radius 2 is 1.73 bits per heavy atom. The number of nitrogens with zero attached hydrogens (tertiary/aromatic N) is 1. The van der Waals surface area contributed by atoms with Crippen molar-refractivity contribution in [3.63, 3.8) is 0 Å². The van der Waals surface area contributed by atoms with Crippen molar-refractivity contribution >= 4 is 57.7 Å². The highest BCUT2D eigenvalue weighted by atomic mass is 32.2. The molecule has 11 heteroatoms. The molecule has 0 unspecified atom stereocenters. The lowest BCUT2D eigenvalue weighted by atomic mass is 10.1. The van der Waals surface area contributed by atoms with Gasteiger partial charge in [0.2, 0.25) is 0 Å². The van der Waals surface area contributed by atoms with Crippen LogP contribution in [0.3, 0.4) is 0 Å². The van der Waals surface area contributed by atoms with Gasteiger partial charge in [-0.25, -0.2) is 4.98 Å². The molecule has 4 N–H and O–H groups in total. The van der Waals surface area contributed by atoms with Crippen molar-refractivity contribution in [3.05, 3.63) is 24.3 Å². The molecule has 0 atom stereocenters. The Kier molecular flexibility index (Phi) is 3.16. The standard InChI is InChI=1S/C11H8N2O6S3/c12-11-13-9-8(22(17,18)19)4-5-3-6(21(14,15)16)1-2-7(5)10(9)20-11/h1-4H,(H2,12,13)(H,14,15,16)(H,17,18,19). The van der Waals surface area contributed by atoms with E-state index in [9.17, 15) is 21.4 Å². The predicted octanol–water partition coefficient (Wildman–Crippen LogP) is 1.53. The molecule has 0 fully saturated rings. The van der Waals surface area contributed by atoms with Crippen LogP contribution in [0.5, 0.6) is 0 Å². The van der Waals surface area contributed by atoms with Crippen LogP contribution in [-0.2, 0) is 20.2 Å². The topological polar surface area (TPSA) is 148 Å². The molecule has 22 heavy (non-hydrogen) atoms. The van der Waals surface area contributed by atoms with E-state index in [1.165, 1.54) is 12.1 Å². The van der Waals surface area contributed by atoms with Gasteiger partial charge in [-0.2, -0.15) is 16.8 Å². The minimum absolute atomic E-state index is 0.0112. The van der Waals surface area contributed by atoms with Gasteiger partial charge in [0.15, 0.2) is 5.13 Å². The van der Waals surface area contributed by atoms with Crippen LogP contribution in [0.1, 0.15) is 0 Å². The average Bonchev–Trinajstić information content (AvgIpc) is 2.76. The van der Waals surface area contributed by atoms with Crippen LogP contribution in [0.25, 0.3) is 21.0 Å². The van der Waals surface area contributed by atoms with Crippen molar-refractivity contribution in [3.8, 4) is 0 Å². The molecule has 0 spiro atoms. The third-order valence-electron chi connectivity index (χ3n) is 3.01. The lowest BCUT2D eigenvalue weighted by Crippen LogP contribution is -2.01.